The number of aryl methyl sites for hydroxylation is 2. The Kier molecular flexibility index (Phi) is 6.74. The lowest BCUT2D eigenvalue weighted by Gasteiger charge is -2.30. The van der Waals surface area contributed by atoms with Gasteiger partial charge in [-0.1, -0.05) is 12.1 Å². The van der Waals surface area contributed by atoms with Gasteiger partial charge in [0, 0.05) is 11.4 Å². The molecule has 0 aromatic heterocycles. The Morgan fingerprint density at radius 3 is 2.48 bits per heavy atom. The lowest BCUT2D eigenvalue weighted by Crippen LogP contribution is -2.45. The van der Waals surface area contributed by atoms with Crippen molar-refractivity contribution in [2.45, 2.75) is 33.4 Å². The van der Waals surface area contributed by atoms with Crippen molar-refractivity contribution >= 4 is 28.9 Å². The summed E-state index contributed by atoms with van der Waals surface area (Å²) in [6.45, 7) is 2.73. The molecule has 0 radical (unpaired) electrons. The van der Waals surface area contributed by atoms with E-state index in [1.807, 2.05) is 32.0 Å². The third-order valence-electron chi connectivity index (χ3n) is 5.02. The molecular formula is C22H23F2N3O3S. The van der Waals surface area contributed by atoms with Gasteiger partial charge in [0.2, 0.25) is 0 Å². The van der Waals surface area contributed by atoms with Gasteiger partial charge in [-0.15, -0.1) is 0 Å². The summed E-state index contributed by atoms with van der Waals surface area (Å²) in [4.78, 5) is 13.2. The fraction of sp³-hybridized carbons (Fsp3) is 0.273. The number of allylic oxidation sites excluding steroid dienone is 1. The molecule has 0 spiro atoms. The van der Waals surface area contributed by atoms with Crippen LogP contribution >= 0.6 is 12.2 Å². The van der Waals surface area contributed by atoms with Crippen LogP contribution in [0.4, 0.5) is 14.5 Å². The predicted molar refractivity (Wildman–Crippen MR) is 118 cm³/mol. The minimum Gasteiger partial charge on any atom is -0.493 e. The first-order valence-electron chi connectivity index (χ1n) is 9.49. The molecule has 2 aromatic carbocycles. The highest BCUT2D eigenvalue weighted by Crippen LogP contribution is 2.35. The second-order valence-corrected chi connectivity index (χ2v) is 7.52. The summed E-state index contributed by atoms with van der Waals surface area (Å²) in [7, 11) is 1.35. The molecule has 0 bridgehead atoms. The number of carbonyl (C=O) groups is 1. The highest BCUT2D eigenvalue weighted by atomic mass is 32.1. The molecule has 164 valence electrons. The Balaban J connectivity index is 1.96. The maximum atomic E-state index is 13.2. The fourth-order valence-electron chi connectivity index (χ4n) is 3.32. The zero-order chi connectivity index (χ0) is 22.7. The van der Waals surface area contributed by atoms with Gasteiger partial charge >= 0.3 is 6.61 Å². The van der Waals surface area contributed by atoms with Crippen LogP contribution in [-0.4, -0.2) is 24.7 Å². The number of hydrogen-bond acceptors (Lipinski definition) is 4. The zero-order valence-corrected chi connectivity index (χ0v) is 18.3. The molecule has 1 unspecified atom stereocenters. The normalized spacial score (nSPS) is 16.0. The van der Waals surface area contributed by atoms with Gasteiger partial charge in [-0.2, -0.15) is 8.78 Å². The van der Waals surface area contributed by atoms with Gasteiger partial charge in [-0.3, -0.25) is 4.79 Å². The van der Waals surface area contributed by atoms with Crippen LogP contribution in [0, 0.1) is 13.8 Å². The molecule has 0 saturated heterocycles. The molecule has 0 aliphatic carbocycles. The van der Waals surface area contributed by atoms with E-state index >= 15 is 0 Å². The number of ether oxygens (including phenoxy) is 2. The highest BCUT2D eigenvalue weighted by Gasteiger charge is 2.30. The van der Waals surface area contributed by atoms with Crippen molar-refractivity contribution in [1.29, 1.82) is 0 Å². The number of amides is 1. The maximum absolute atomic E-state index is 13.2. The number of nitrogens with one attached hydrogen (secondary N) is 3. The number of rotatable bonds is 6. The summed E-state index contributed by atoms with van der Waals surface area (Å²) in [6, 6.07) is 9.55. The molecule has 31 heavy (non-hydrogen) atoms. The second kappa shape index (κ2) is 9.30. The highest BCUT2D eigenvalue weighted by molar-refractivity contribution is 7.80. The predicted octanol–water partition coefficient (Wildman–Crippen LogP) is 4.34. The van der Waals surface area contributed by atoms with Crippen molar-refractivity contribution < 1.29 is 23.0 Å². The Morgan fingerprint density at radius 1 is 1.10 bits per heavy atom. The van der Waals surface area contributed by atoms with Gasteiger partial charge in [0.15, 0.2) is 16.6 Å². The van der Waals surface area contributed by atoms with Crippen LogP contribution in [-0.2, 0) is 4.79 Å². The van der Waals surface area contributed by atoms with E-state index in [2.05, 4.69) is 20.7 Å². The van der Waals surface area contributed by atoms with E-state index in [4.69, 9.17) is 17.0 Å². The van der Waals surface area contributed by atoms with E-state index in [0.717, 1.165) is 11.1 Å². The minimum atomic E-state index is -2.98. The van der Waals surface area contributed by atoms with E-state index in [9.17, 15) is 13.6 Å². The van der Waals surface area contributed by atoms with E-state index < -0.39 is 12.7 Å². The molecule has 1 amide bonds. The van der Waals surface area contributed by atoms with Crippen LogP contribution in [0.25, 0.3) is 0 Å². The number of benzene rings is 2. The van der Waals surface area contributed by atoms with Gasteiger partial charge < -0.3 is 25.4 Å². The topological polar surface area (TPSA) is 71.6 Å². The summed E-state index contributed by atoms with van der Waals surface area (Å²) < 4.78 is 35.0. The molecule has 0 saturated carbocycles. The number of halogens is 2. The number of carbonyl (C=O) groups excluding carboxylic acids is 1. The Hall–Kier alpha value is -3.20. The maximum Gasteiger partial charge on any atom is 0.387 e. The third-order valence-corrected chi connectivity index (χ3v) is 5.24. The van der Waals surface area contributed by atoms with Gasteiger partial charge in [0.05, 0.1) is 18.7 Å². The summed E-state index contributed by atoms with van der Waals surface area (Å²) in [5.41, 5.74) is 4.44. The number of methoxy groups -OCH3 is 1. The van der Waals surface area contributed by atoms with Crippen LogP contribution in [0.2, 0.25) is 0 Å². The number of hydrogen-bond donors (Lipinski definition) is 3. The third kappa shape index (κ3) is 5.11. The van der Waals surface area contributed by atoms with Gasteiger partial charge in [-0.05, 0) is 73.9 Å². The van der Waals surface area contributed by atoms with Gasteiger partial charge in [0.1, 0.15) is 0 Å². The average Bonchev–Trinajstić information content (AvgIpc) is 2.70. The standard InChI is InChI=1S/C22H23F2N3O3S/c1-11-5-7-15(9-12(11)2)26-20(28)18-13(3)25-22(31)27-19(18)14-6-8-16(30-21(23)24)17(10-14)29-4/h5-10,19,21H,1-4H3,(H,26,28)(H2,25,27,31). The summed E-state index contributed by atoms with van der Waals surface area (Å²) in [5, 5.41) is 9.30. The van der Waals surface area contributed by atoms with Crippen LogP contribution < -0.4 is 25.4 Å². The molecule has 1 atom stereocenters. The first-order valence-corrected chi connectivity index (χ1v) is 9.90. The molecular weight excluding hydrogens is 424 g/mol. The first-order chi connectivity index (χ1) is 14.7. The number of thiocarbonyl (C=S) groups is 1. The molecule has 1 heterocycles. The van der Waals surface area contributed by atoms with Crippen molar-refractivity contribution in [3.8, 4) is 11.5 Å². The first kappa shape index (κ1) is 22.5. The Labute approximate surface area is 184 Å². The summed E-state index contributed by atoms with van der Waals surface area (Å²) in [5.74, 6) is -0.296. The fourth-order valence-corrected chi connectivity index (χ4v) is 3.59. The average molecular weight is 448 g/mol. The van der Waals surface area contributed by atoms with Crippen molar-refractivity contribution in [3.05, 3.63) is 64.4 Å². The van der Waals surface area contributed by atoms with Gasteiger partial charge in [0.25, 0.3) is 5.91 Å². The molecule has 3 N–H and O–H groups in total. The largest absolute Gasteiger partial charge is 0.493 e. The lowest BCUT2D eigenvalue weighted by atomic mass is 9.94. The van der Waals surface area contributed by atoms with Crippen LogP contribution in [0.15, 0.2) is 47.7 Å². The Morgan fingerprint density at radius 2 is 1.84 bits per heavy atom. The van der Waals surface area contributed by atoms with E-state index in [0.29, 0.717) is 27.6 Å². The van der Waals surface area contributed by atoms with Crippen molar-refractivity contribution in [2.75, 3.05) is 12.4 Å². The molecule has 6 nitrogen and oxygen atoms in total. The lowest BCUT2D eigenvalue weighted by molar-refractivity contribution is -0.113. The molecule has 0 fully saturated rings. The summed E-state index contributed by atoms with van der Waals surface area (Å²) in [6.07, 6.45) is 0. The van der Waals surface area contributed by atoms with Crippen LogP contribution in [0.5, 0.6) is 11.5 Å². The molecule has 1 aliphatic heterocycles. The van der Waals surface area contributed by atoms with Gasteiger partial charge in [-0.25, -0.2) is 0 Å². The zero-order valence-electron chi connectivity index (χ0n) is 17.5. The quantitative estimate of drug-likeness (QED) is 0.572. The molecule has 2 aromatic rings. The van der Waals surface area contributed by atoms with Crippen molar-refractivity contribution in [2.24, 2.45) is 0 Å². The van der Waals surface area contributed by atoms with Crippen LogP contribution in [0.3, 0.4) is 0 Å². The van der Waals surface area contributed by atoms with E-state index in [1.54, 1.807) is 19.1 Å². The minimum absolute atomic E-state index is 0.0976. The molecule has 1 aliphatic rings. The molecule has 9 heteroatoms. The monoisotopic (exact) mass is 447 g/mol. The van der Waals surface area contributed by atoms with Crippen molar-refractivity contribution in [1.82, 2.24) is 10.6 Å². The molecule has 3 rings (SSSR count). The van der Waals surface area contributed by atoms with Crippen molar-refractivity contribution in [3.63, 3.8) is 0 Å². The summed E-state index contributed by atoms with van der Waals surface area (Å²) >= 11 is 5.26. The Bertz CT molecular complexity index is 1060. The SMILES string of the molecule is COc1cc(C2NC(=S)NC(C)=C2C(=O)Nc2ccc(C)c(C)c2)ccc1OC(F)F. The van der Waals surface area contributed by atoms with E-state index in [1.165, 1.54) is 13.2 Å². The van der Waals surface area contributed by atoms with E-state index in [-0.39, 0.29) is 17.4 Å². The smallest absolute Gasteiger partial charge is 0.387 e. The number of alkyl halides is 2. The van der Waals surface area contributed by atoms with Crippen LogP contribution in [0.1, 0.15) is 29.7 Å². The number of anilines is 1. The second-order valence-electron chi connectivity index (χ2n) is 7.11.